The van der Waals surface area contributed by atoms with Gasteiger partial charge >= 0.3 is 0 Å². The second-order valence-corrected chi connectivity index (χ2v) is 6.78. The van der Waals surface area contributed by atoms with Crippen LogP contribution in [0.3, 0.4) is 0 Å². The van der Waals surface area contributed by atoms with E-state index >= 15 is 0 Å². The van der Waals surface area contributed by atoms with Gasteiger partial charge in [0, 0.05) is 44.0 Å². The molecule has 1 aliphatic rings. The van der Waals surface area contributed by atoms with E-state index in [0.29, 0.717) is 19.5 Å². The molecule has 0 fully saturated rings. The number of para-hydroxylation sites is 1. The van der Waals surface area contributed by atoms with Crippen molar-refractivity contribution >= 4 is 17.5 Å². The van der Waals surface area contributed by atoms with Crippen molar-refractivity contribution in [3.8, 4) is 0 Å². The molecular formula is C20H26N4O2. The van der Waals surface area contributed by atoms with Crippen molar-refractivity contribution < 1.29 is 9.59 Å². The minimum Gasteiger partial charge on any atom is -0.337 e. The van der Waals surface area contributed by atoms with Crippen molar-refractivity contribution in [3.05, 3.63) is 47.3 Å². The number of nitrogens with zero attached hydrogens (tertiary/aromatic N) is 4. The molecule has 0 unspecified atom stereocenters. The first-order valence-electron chi connectivity index (χ1n) is 9.14. The van der Waals surface area contributed by atoms with Crippen LogP contribution in [0.25, 0.3) is 0 Å². The number of carbonyl (C=O) groups is 2. The average Bonchev–Trinajstić information content (AvgIpc) is 2.85. The first kappa shape index (κ1) is 18.2. The van der Waals surface area contributed by atoms with Gasteiger partial charge in [0.25, 0.3) is 0 Å². The summed E-state index contributed by atoms with van der Waals surface area (Å²) in [7, 11) is 1.88. The lowest BCUT2D eigenvalue weighted by Gasteiger charge is -2.27. The molecule has 0 spiro atoms. The zero-order valence-electron chi connectivity index (χ0n) is 15.7. The highest BCUT2D eigenvalue weighted by atomic mass is 16.2. The van der Waals surface area contributed by atoms with Crippen LogP contribution in [-0.2, 0) is 29.6 Å². The van der Waals surface area contributed by atoms with Gasteiger partial charge in [-0.1, -0.05) is 18.2 Å². The Labute approximate surface area is 154 Å². The predicted octanol–water partition coefficient (Wildman–Crippen LogP) is 2.45. The molecule has 0 saturated heterocycles. The molecule has 1 aromatic heterocycles. The van der Waals surface area contributed by atoms with Crippen molar-refractivity contribution in [1.82, 2.24) is 14.7 Å². The molecule has 26 heavy (non-hydrogen) atoms. The number of carbonyl (C=O) groups excluding carboxylic acids is 2. The minimum atomic E-state index is -0.0409. The van der Waals surface area contributed by atoms with Crippen LogP contribution in [0.2, 0.25) is 0 Å². The maximum absolute atomic E-state index is 12.9. The summed E-state index contributed by atoms with van der Waals surface area (Å²) in [5.74, 6) is -0.0160. The fraction of sp³-hybridized carbons (Fsp3) is 0.450. The van der Waals surface area contributed by atoms with Gasteiger partial charge in [-0.3, -0.25) is 14.3 Å². The van der Waals surface area contributed by atoms with Crippen LogP contribution in [0, 0.1) is 6.92 Å². The Kier molecular flexibility index (Phi) is 5.40. The van der Waals surface area contributed by atoms with Gasteiger partial charge in [0.15, 0.2) is 0 Å². The summed E-state index contributed by atoms with van der Waals surface area (Å²) >= 11 is 0. The summed E-state index contributed by atoms with van der Waals surface area (Å²) in [4.78, 5) is 29.0. The molecule has 0 radical (unpaired) electrons. The van der Waals surface area contributed by atoms with E-state index in [0.717, 1.165) is 35.3 Å². The fourth-order valence-corrected chi connectivity index (χ4v) is 3.48. The van der Waals surface area contributed by atoms with Gasteiger partial charge in [-0.15, -0.1) is 0 Å². The molecule has 2 heterocycles. The van der Waals surface area contributed by atoms with Crippen molar-refractivity contribution in [2.45, 2.75) is 39.7 Å². The van der Waals surface area contributed by atoms with E-state index in [1.807, 2.05) is 51.4 Å². The summed E-state index contributed by atoms with van der Waals surface area (Å²) in [5, 5.41) is 4.34. The number of anilines is 1. The zero-order valence-corrected chi connectivity index (χ0v) is 15.7. The predicted molar refractivity (Wildman–Crippen MR) is 101 cm³/mol. The van der Waals surface area contributed by atoms with Gasteiger partial charge in [-0.05, 0) is 38.3 Å². The van der Waals surface area contributed by atoms with Gasteiger partial charge in [0.1, 0.15) is 6.54 Å². The Morgan fingerprint density at radius 1 is 1.27 bits per heavy atom. The number of aromatic nitrogens is 2. The molecule has 2 amide bonds. The smallest absolute Gasteiger partial charge is 0.242 e. The molecule has 3 rings (SSSR count). The van der Waals surface area contributed by atoms with E-state index in [2.05, 4.69) is 5.10 Å². The van der Waals surface area contributed by atoms with Gasteiger partial charge in [0.05, 0.1) is 5.69 Å². The third-order valence-corrected chi connectivity index (χ3v) is 4.92. The molecule has 6 nitrogen and oxygen atoms in total. The molecule has 0 aliphatic carbocycles. The Bertz CT molecular complexity index is 812. The second kappa shape index (κ2) is 7.72. The van der Waals surface area contributed by atoms with Crippen LogP contribution in [0.15, 0.2) is 30.5 Å². The summed E-state index contributed by atoms with van der Waals surface area (Å²) in [6.07, 6.45) is 4.12. The number of aryl methyl sites for hydroxylation is 3. The molecule has 6 heteroatoms. The third-order valence-electron chi connectivity index (χ3n) is 4.92. The number of hydrogen-bond donors (Lipinski definition) is 0. The van der Waals surface area contributed by atoms with Crippen molar-refractivity contribution in [2.75, 3.05) is 18.0 Å². The minimum absolute atomic E-state index is 0.0249. The van der Waals surface area contributed by atoms with E-state index in [9.17, 15) is 9.59 Å². The highest BCUT2D eigenvalue weighted by Crippen LogP contribution is 2.26. The van der Waals surface area contributed by atoms with Crippen LogP contribution in [-0.4, -0.2) is 39.6 Å². The summed E-state index contributed by atoms with van der Waals surface area (Å²) < 4.78 is 1.76. The van der Waals surface area contributed by atoms with Crippen molar-refractivity contribution in [3.63, 3.8) is 0 Å². The van der Waals surface area contributed by atoms with Crippen molar-refractivity contribution in [2.24, 2.45) is 7.05 Å². The van der Waals surface area contributed by atoms with Crippen LogP contribution in [0.1, 0.15) is 36.6 Å². The molecule has 138 valence electrons. The fourth-order valence-electron chi connectivity index (χ4n) is 3.48. The van der Waals surface area contributed by atoms with Crippen LogP contribution in [0.5, 0.6) is 0 Å². The van der Waals surface area contributed by atoms with Crippen LogP contribution in [0.4, 0.5) is 5.69 Å². The highest BCUT2D eigenvalue weighted by molar-refractivity contribution is 5.99. The van der Waals surface area contributed by atoms with Gasteiger partial charge < -0.3 is 9.80 Å². The normalized spacial score (nSPS) is 14.1. The molecule has 1 aliphatic heterocycles. The lowest BCUT2D eigenvalue weighted by atomic mass is 10.1. The largest absolute Gasteiger partial charge is 0.337 e. The lowest BCUT2D eigenvalue weighted by Crippen LogP contribution is -2.42. The van der Waals surface area contributed by atoms with Gasteiger partial charge in [-0.25, -0.2) is 0 Å². The Balaban J connectivity index is 1.78. The quantitative estimate of drug-likeness (QED) is 0.829. The first-order chi connectivity index (χ1) is 12.5. The number of amides is 2. The monoisotopic (exact) mass is 354 g/mol. The number of likely N-dealkylation sites (N-methyl/N-ethyl adjacent to an activating group) is 1. The van der Waals surface area contributed by atoms with E-state index < -0.39 is 0 Å². The molecule has 0 saturated carbocycles. The topological polar surface area (TPSA) is 58.4 Å². The third kappa shape index (κ3) is 3.79. The molecule has 0 atom stereocenters. The molecule has 1 aromatic carbocycles. The first-order valence-corrected chi connectivity index (χ1v) is 9.14. The Morgan fingerprint density at radius 3 is 2.73 bits per heavy atom. The Morgan fingerprint density at radius 2 is 2.04 bits per heavy atom. The molecule has 0 N–H and O–H groups in total. The van der Waals surface area contributed by atoms with Gasteiger partial charge in [0.2, 0.25) is 11.8 Å². The summed E-state index contributed by atoms with van der Waals surface area (Å²) in [6, 6.07) is 7.89. The number of fused-ring (bicyclic) bond motifs is 1. The maximum Gasteiger partial charge on any atom is 0.242 e. The van der Waals surface area contributed by atoms with E-state index in [1.165, 1.54) is 0 Å². The summed E-state index contributed by atoms with van der Waals surface area (Å²) in [6.45, 7) is 5.10. The molecular weight excluding hydrogens is 328 g/mol. The van der Waals surface area contributed by atoms with Crippen LogP contribution >= 0.6 is 0 Å². The summed E-state index contributed by atoms with van der Waals surface area (Å²) in [5.41, 5.74) is 3.97. The SMILES string of the molecule is CCN(Cc1cn(C)nc1C)C(=O)CN1C(=O)CCCc2ccccc21. The van der Waals surface area contributed by atoms with Crippen LogP contribution < -0.4 is 4.90 Å². The van der Waals surface area contributed by atoms with E-state index in [1.54, 1.807) is 14.5 Å². The second-order valence-electron chi connectivity index (χ2n) is 6.78. The lowest BCUT2D eigenvalue weighted by molar-refractivity contribution is -0.131. The standard InChI is InChI=1S/C20H26N4O2/c1-4-23(13-17-12-22(3)21-15(17)2)20(26)14-24-18-10-6-5-8-16(18)9-7-11-19(24)25/h5-6,8,10,12H,4,7,9,11,13-14H2,1-3H3. The Hall–Kier alpha value is -2.63. The highest BCUT2D eigenvalue weighted by Gasteiger charge is 2.26. The maximum atomic E-state index is 12.9. The van der Waals surface area contributed by atoms with Crippen molar-refractivity contribution in [1.29, 1.82) is 0 Å². The molecule has 0 bridgehead atoms. The van der Waals surface area contributed by atoms with E-state index in [-0.39, 0.29) is 18.4 Å². The number of hydrogen-bond acceptors (Lipinski definition) is 3. The molecule has 2 aromatic rings. The zero-order chi connectivity index (χ0) is 18.7. The average molecular weight is 354 g/mol. The number of rotatable bonds is 5. The van der Waals surface area contributed by atoms with Gasteiger partial charge in [-0.2, -0.15) is 5.10 Å². The number of benzene rings is 1. The van der Waals surface area contributed by atoms with E-state index in [4.69, 9.17) is 0 Å².